The zero-order valence-corrected chi connectivity index (χ0v) is 39.9. The second-order valence-electron chi connectivity index (χ2n) is 18.9. The molecule has 0 saturated carbocycles. The Bertz CT molecular complexity index is 2520. The fourth-order valence-electron chi connectivity index (χ4n) is 10.1. The number of H-pyrrole nitrogens is 2. The minimum Gasteiger partial charge on any atom is -0.508 e. The summed E-state index contributed by atoms with van der Waals surface area (Å²) in [5.74, 6) is 0.237. The number of phenols is 2. The number of aliphatic hydroxyl groups is 2. The number of aromatic amines is 2. The van der Waals surface area contributed by atoms with E-state index in [0.717, 1.165) is 82.3 Å². The molecule has 0 amide bonds. The maximum atomic E-state index is 12.1. The number of aliphatic hydroxyl groups excluding tert-OH is 2. The first-order chi connectivity index (χ1) is 32.4. The lowest BCUT2D eigenvalue weighted by molar-refractivity contribution is 0.0252. The van der Waals surface area contributed by atoms with Crippen LogP contribution in [0.5, 0.6) is 11.5 Å². The van der Waals surface area contributed by atoms with Crippen LogP contribution in [0.3, 0.4) is 0 Å². The van der Waals surface area contributed by atoms with E-state index >= 15 is 0 Å². The fraction of sp³-hybridized carbons (Fsp3) is 0.483. The van der Waals surface area contributed by atoms with Gasteiger partial charge in [0.25, 0.3) is 0 Å². The van der Waals surface area contributed by atoms with Crippen LogP contribution in [-0.2, 0) is 12.8 Å². The van der Waals surface area contributed by atoms with Crippen LogP contribution in [0.4, 0.5) is 0 Å². The number of hydrogen-bond acceptors (Lipinski definition) is 6. The molecule has 3 aromatic heterocycles. The molecular weight excluding hydrogens is 817 g/mol. The van der Waals surface area contributed by atoms with Crippen LogP contribution in [0.1, 0.15) is 201 Å². The molecule has 2 aliphatic heterocycles. The lowest BCUT2D eigenvalue weighted by atomic mass is 9.97. The van der Waals surface area contributed by atoms with E-state index in [0.29, 0.717) is 34.5 Å². The van der Waals surface area contributed by atoms with Gasteiger partial charge >= 0.3 is 0 Å². The quantitative estimate of drug-likeness (QED) is 0.0300. The molecule has 66 heavy (non-hydrogen) atoms. The lowest BCUT2D eigenvalue weighted by Gasteiger charge is -2.13. The van der Waals surface area contributed by atoms with Gasteiger partial charge < -0.3 is 30.4 Å². The van der Waals surface area contributed by atoms with E-state index in [1.807, 2.05) is 30.3 Å². The van der Waals surface area contributed by atoms with Crippen molar-refractivity contribution in [1.29, 1.82) is 0 Å². The molecule has 0 fully saturated rings. The summed E-state index contributed by atoms with van der Waals surface area (Å²) in [6.45, 7) is 4.54. The summed E-state index contributed by atoms with van der Waals surface area (Å²) in [5.41, 5.74) is 10.7. The number of hydrogen-bond donors (Lipinski definition) is 6. The smallest absolute Gasteiger partial charge is 0.128 e. The van der Waals surface area contributed by atoms with Gasteiger partial charge in [0.1, 0.15) is 23.7 Å². The maximum absolute atomic E-state index is 12.1. The highest BCUT2D eigenvalue weighted by Crippen LogP contribution is 2.42. The number of fused-ring (bicyclic) bond motifs is 8. The van der Waals surface area contributed by atoms with Gasteiger partial charge in [0.2, 0.25) is 0 Å². The Morgan fingerprint density at radius 2 is 0.833 bits per heavy atom. The Labute approximate surface area is 393 Å². The van der Waals surface area contributed by atoms with Crippen LogP contribution in [-0.4, -0.2) is 40.4 Å². The predicted octanol–water partition coefficient (Wildman–Crippen LogP) is 15.7. The van der Waals surface area contributed by atoms with E-state index in [2.05, 4.69) is 48.1 Å². The second-order valence-corrected chi connectivity index (χ2v) is 18.9. The number of nitrogens with one attached hydrogen (secondary N) is 2. The highest BCUT2D eigenvalue weighted by molar-refractivity contribution is 5.94. The summed E-state index contributed by atoms with van der Waals surface area (Å²) in [4.78, 5) is 18.0. The molecule has 2 aromatic carbocycles. The summed E-state index contributed by atoms with van der Waals surface area (Å²) >= 11 is 0. The highest BCUT2D eigenvalue weighted by atomic mass is 16.3. The van der Waals surface area contributed by atoms with Crippen molar-refractivity contribution in [3.63, 3.8) is 0 Å². The number of aromatic hydroxyl groups is 2. The van der Waals surface area contributed by atoms with Crippen molar-refractivity contribution in [1.82, 2.24) is 19.9 Å². The summed E-state index contributed by atoms with van der Waals surface area (Å²) in [6, 6.07) is 22.4. The molecule has 8 heteroatoms. The van der Waals surface area contributed by atoms with Crippen molar-refractivity contribution in [3.8, 4) is 33.8 Å². The second kappa shape index (κ2) is 25.1. The van der Waals surface area contributed by atoms with E-state index < -0.39 is 12.2 Å². The average Bonchev–Trinajstić information content (AvgIpc) is 4.15. The Hall–Kier alpha value is -5.18. The molecule has 6 N–H and O–H groups in total. The van der Waals surface area contributed by atoms with Crippen LogP contribution in [0.15, 0.2) is 72.8 Å². The van der Waals surface area contributed by atoms with Crippen LogP contribution < -0.4 is 0 Å². The van der Waals surface area contributed by atoms with Gasteiger partial charge in [-0.05, 0) is 103 Å². The van der Waals surface area contributed by atoms with Crippen molar-refractivity contribution in [3.05, 3.63) is 107 Å². The van der Waals surface area contributed by atoms with E-state index in [1.165, 1.54) is 116 Å². The Morgan fingerprint density at radius 3 is 1.36 bits per heavy atom. The van der Waals surface area contributed by atoms with E-state index in [9.17, 15) is 20.4 Å². The van der Waals surface area contributed by atoms with E-state index in [1.54, 1.807) is 30.3 Å². The highest BCUT2D eigenvalue weighted by Gasteiger charge is 2.34. The molecule has 5 aromatic rings. The van der Waals surface area contributed by atoms with Gasteiger partial charge in [0.15, 0.2) is 0 Å². The largest absolute Gasteiger partial charge is 0.508 e. The first-order valence-corrected chi connectivity index (χ1v) is 25.8. The number of unbranched alkanes of at least 4 members (excludes halogenated alkanes) is 20. The molecule has 0 spiro atoms. The molecule has 7 rings (SSSR count). The molecule has 352 valence electrons. The summed E-state index contributed by atoms with van der Waals surface area (Å²) in [7, 11) is 0. The van der Waals surface area contributed by atoms with Crippen molar-refractivity contribution in [2.75, 3.05) is 0 Å². The van der Waals surface area contributed by atoms with Gasteiger partial charge in [-0.25, -0.2) is 4.98 Å². The van der Waals surface area contributed by atoms with Crippen LogP contribution in [0.25, 0.3) is 56.5 Å². The van der Waals surface area contributed by atoms with Gasteiger partial charge in [-0.1, -0.05) is 167 Å². The number of rotatable bonds is 26. The molecule has 0 radical (unpaired) electrons. The Balaban J connectivity index is 1.31. The van der Waals surface area contributed by atoms with Crippen molar-refractivity contribution >= 4 is 34.2 Å². The van der Waals surface area contributed by atoms with Gasteiger partial charge in [-0.2, -0.15) is 0 Å². The molecule has 2 aliphatic rings. The number of nitrogens with zero attached hydrogens (tertiary/aromatic N) is 2. The molecule has 0 aliphatic carbocycles. The van der Waals surface area contributed by atoms with Crippen LogP contribution in [0, 0.1) is 0 Å². The third kappa shape index (κ3) is 12.8. The van der Waals surface area contributed by atoms with Gasteiger partial charge in [-0.15, -0.1) is 0 Å². The summed E-state index contributed by atoms with van der Waals surface area (Å²) in [6.07, 6.45) is 30.9. The number of aryl methyl sites for hydroxylation is 2. The molecule has 8 nitrogen and oxygen atoms in total. The normalized spacial score (nSPS) is 14.7. The van der Waals surface area contributed by atoms with Crippen molar-refractivity contribution in [2.24, 2.45) is 0 Å². The minimum absolute atomic E-state index is 0.0835. The molecule has 0 saturated heterocycles. The van der Waals surface area contributed by atoms with Gasteiger partial charge in [0, 0.05) is 38.8 Å². The molecular formula is C58H76N4O4. The number of benzene rings is 2. The fourth-order valence-corrected chi connectivity index (χ4v) is 10.1. The van der Waals surface area contributed by atoms with Crippen LogP contribution in [0.2, 0.25) is 0 Å². The van der Waals surface area contributed by atoms with Crippen molar-refractivity contribution in [2.45, 2.75) is 180 Å². The lowest BCUT2D eigenvalue weighted by Crippen LogP contribution is -2.06. The zero-order valence-electron chi connectivity index (χ0n) is 39.9. The number of phenolic OH excluding ortho intramolecular Hbond substituents is 2. The number of aromatic nitrogens is 4. The molecule has 2 atom stereocenters. The third-order valence-corrected chi connectivity index (χ3v) is 13.8. The first kappa shape index (κ1) is 48.7. The summed E-state index contributed by atoms with van der Waals surface area (Å²) in [5, 5.41) is 45.5. The molecule has 8 bridgehead atoms. The third-order valence-electron chi connectivity index (χ3n) is 13.8. The Morgan fingerprint density at radius 1 is 0.424 bits per heavy atom. The monoisotopic (exact) mass is 893 g/mol. The van der Waals surface area contributed by atoms with E-state index in [-0.39, 0.29) is 11.5 Å². The van der Waals surface area contributed by atoms with Crippen molar-refractivity contribution < 1.29 is 20.4 Å². The predicted molar refractivity (Wildman–Crippen MR) is 274 cm³/mol. The first-order valence-electron chi connectivity index (χ1n) is 25.8. The van der Waals surface area contributed by atoms with Crippen LogP contribution >= 0.6 is 0 Å². The summed E-state index contributed by atoms with van der Waals surface area (Å²) < 4.78 is 0. The van der Waals surface area contributed by atoms with E-state index in [4.69, 9.17) is 9.97 Å². The topological polar surface area (TPSA) is 138 Å². The SMILES string of the molecule is CCCCCCCCCCCCCc1c2nc(c(-c3cccc(O)c3)c3ccc([nH]3)c(-c3cccc(O)c3)c3nc(c(CCCCCCCCCCCCC)c4ccc1[nH]4)[C@H](O)[C@@H]3O)C=C2. The average molecular weight is 893 g/mol. The molecule has 0 unspecified atom stereocenters. The Kier molecular flexibility index (Phi) is 18.5. The van der Waals surface area contributed by atoms with Gasteiger partial charge in [0.05, 0.1) is 22.8 Å². The standard InChI is InChI=1S/C58H76N4O4/c1-3-5-7-9-11-13-15-17-19-21-23-31-45-47-33-34-49(59-47)46(32-24-22-20-18-16-14-12-10-8-6-4-2)55-57(65)58(66)56(62-55)54(42-28-26-30-44(64)40-42)52-38-37-51(61-52)53(50-36-35-48(45)60-50)41-27-25-29-43(63)39-41/h25-30,33-40,57-59,61,63-66H,3-24,31-32H2,1-2H3/t57-,58+/m0/s1. The maximum Gasteiger partial charge on any atom is 0.128 e. The zero-order chi connectivity index (χ0) is 46.1. The molecule has 5 heterocycles. The minimum atomic E-state index is -1.31. The van der Waals surface area contributed by atoms with Gasteiger partial charge in [-0.3, -0.25) is 4.98 Å².